The molecule has 0 fully saturated rings. The number of hydrogen-bond acceptors (Lipinski definition) is 4. The number of nitrogens with one attached hydrogen (secondary N) is 3. The number of benzene rings is 2. The van der Waals surface area contributed by atoms with E-state index in [1.165, 1.54) is 12.1 Å². The predicted molar refractivity (Wildman–Crippen MR) is 109 cm³/mol. The van der Waals surface area contributed by atoms with Crippen molar-refractivity contribution < 1.29 is 13.2 Å². The topological polar surface area (TPSA) is 104 Å². The van der Waals surface area contributed by atoms with Crippen LogP contribution >= 0.6 is 0 Å². The number of carbonyl (C=O) groups excluding carboxylic acids is 1. The van der Waals surface area contributed by atoms with Gasteiger partial charge in [-0.05, 0) is 48.7 Å². The van der Waals surface area contributed by atoms with Gasteiger partial charge in [-0.15, -0.1) is 0 Å². The zero-order valence-electron chi connectivity index (χ0n) is 15.6. The largest absolute Gasteiger partial charge is 0.321 e. The van der Waals surface area contributed by atoms with Crippen molar-refractivity contribution in [3.63, 3.8) is 0 Å². The number of sulfonamides is 1. The number of carbonyl (C=O) groups is 1. The van der Waals surface area contributed by atoms with Crippen LogP contribution in [0.15, 0.2) is 65.6 Å². The molecule has 0 radical (unpaired) electrons. The summed E-state index contributed by atoms with van der Waals surface area (Å²) in [4.78, 5) is 12.6. The summed E-state index contributed by atoms with van der Waals surface area (Å²) in [6.07, 6.45) is 0.803. The van der Waals surface area contributed by atoms with Gasteiger partial charge in [0.05, 0.1) is 10.6 Å². The van der Waals surface area contributed by atoms with Gasteiger partial charge in [-0.2, -0.15) is 5.10 Å². The van der Waals surface area contributed by atoms with Gasteiger partial charge in [0.15, 0.2) is 5.69 Å². The molecule has 0 aliphatic carbocycles. The Morgan fingerprint density at radius 2 is 1.75 bits per heavy atom. The third-order valence-electron chi connectivity index (χ3n) is 3.92. The summed E-state index contributed by atoms with van der Waals surface area (Å²) < 4.78 is 27.4. The lowest BCUT2D eigenvalue weighted by molar-refractivity contribution is 0.102. The van der Waals surface area contributed by atoms with E-state index in [2.05, 4.69) is 34.1 Å². The molecule has 1 aromatic heterocycles. The maximum absolute atomic E-state index is 12.4. The molecule has 146 valence electrons. The standard InChI is InChI=1S/C20H22N4O3S/c1-14(2)11-17-13-19(23-22-17)20(25)21-15-7-6-8-16(12-15)24-28(26,27)18-9-4-3-5-10-18/h3-10,12-14,24H,11H2,1-2H3,(H,21,25)(H,22,23). The van der Waals surface area contributed by atoms with E-state index < -0.39 is 10.0 Å². The van der Waals surface area contributed by atoms with Crippen LogP contribution in [0, 0.1) is 5.92 Å². The quantitative estimate of drug-likeness (QED) is 0.565. The van der Waals surface area contributed by atoms with Crippen molar-refractivity contribution >= 4 is 27.3 Å². The minimum Gasteiger partial charge on any atom is -0.321 e. The van der Waals surface area contributed by atoms with Gasteiger partial charge in [0, 0.05) is 11.4 Å². The highest BCUT2D eigenvalue weighted by Gasteiger charge is 2.15. The second kappa shape index (κ2) is 8.26. The van der Waals surface area contributed by atoms with Gasteiger partial charge in [0.1, 0.15) is 0 Å². The van der Waals surface area contributed by atoms with Crippen LogP contribution in [0.5, 0.6) is 0 Å². The Hall–Kier alpha value is -3.13. The molecule has 0 atom stereocenters. The molecule has 0 bridgehead atoms. The third-order valence-corrected chi connectivity index (χ3v) is 5.32. The van der Waals surface area contributed by atoms with Crippen LogP contribution in [0.3, 0.4) is 0 Å². The molecule has 0 aliphatic rings. The average molecular weight is 398 g/mol. The van der Waals surface area contributed by atoms with Gasteiger partial charge in [-0.25, -0.2) is 8.42 Å². The number of rotatable bonds is 7. The highest BCUT2D eigenvalue weighted by Crippen LogP contribution is 2.20. The lowest BCUT2D eigenvalue weighted by atomic mass is 10.1. The fourth-order valence-electron chi connectivity index (χ4n) is 2.69. The first-order chi connectivity index (χ1) is 13.3. The summed E-state index contributed by atoms with van der Waals surface area (Å²) in [5.41, 5.74) is 1.99. The van der Waals surface area contributed by atoms with Gasteiger partial charge in [-0.1, -0.05) is 38.1 Å². The summed E-state index contributed by atoms with van der Waals surface area (Å²) >= 11 is 0. The average Bonchev–Trinajstić information content (AvgIpc) is 3.10. The maximum atomic E-state index is 12.4. The highest BCUT2D eigenvalue weighted by atomic mass is 32.2. The first-order valence-electron chi connectivity index (χ1n) is 8.87. The van der Waals surface area contributed by atoms with Crippen molar-refractivity contribution in [3.05, 3.63) is 72.1 Å². The fourth-order valence-corrected chi connectivity index (χ4v) is 3.76. The van der Waals surface area contributed by atoms with E-state index in [1.54, 1.807) is 48.5 Å². The van der Waals surface area contributed by atoms with Crippen molar-refractivity contribution in [2.75, 3.05) is 10.0 Å². The minimum absolute atomic E-state index is 0.165. The summed E-state index contributed by atoms with van der Waals surface area (Å²) in [5.74, 6) is 0.0833. The zero-order chi connectivity index (χ0) is 20.1. The van der Waals surface area contributed by atoms with Gasteiger partial charge >= 0.3 is 0 Å². The van der Waals surface area contributed by atoms with Crippen molar-refractivity contribution in [1.82, 2.24) is 10.2 Å². The first kappa shape index (κ1) is 19.6. The Morgan fingerprint density at radius 1 is 1.04 bits per heavy atom. The molecular weight excluding hydrogens is 376 g/mol. The second-order valence-corrected chi connectivity index (χ2v) is 8.51. The van der Waals surface area contributed by atoms with Crippen LogP contribution in [-0.4, -0.2) is 24.5 Å². The molecule has 0 unspecified atom stereocenters. The Balaban J connectivity index is 1.71. The fraction of sp³-hybridized carbons (Fsp3) is 0.200. The van der Waals surface area contributed by atoms with Crippen LogP contribution < -0.4 is 10.0 Å². The molecule has 2 aromatic carbocycles. The number of hydrogen-bond donors (Lipinski definition) is 3. The van der Waals surface area contributed by atoms with Gasteiger partial charge in [0.2, 0.25) is 0 Å². The maximum Gasteiger partial charge on any atom is 0.276 e. The van der Waals surface area contributed by atoms with E-state index in [4.69, 9.17) is 0 Å². The smallest absolute Gasteiger partial charge is 0.276 e. The van der Waals surface area contributed by atoms with E-state index in [0.717, 1.165) is 12.1 Å². The monoisotopic (exact) mass is 398 g/mol. The Morgan fingerprint density at radius 3 is 2.46 bits per heavy atom. The molecule has 3 N–H and O–H groups in total. The molecule has 0 saturated heterocycles. The van der Waals surface area contributed by atoms with Crippen molar-refractivity contribution in [2.45, 2.75) is 25.2 Å². The van der Waals surface area contributed by atoms with Gasteiger partial charge < -0.3 is 5.32 Å². The Kier molecular flexibility index (Phi) is 5.79. The normalized spacial score (nSPS) is 11.4. The van der Waals surface area contributed by atoms with Crippen molar-refractivity contribution in [2.24, 2.45) is 5.92 Å². The molecule has 0 spiro atoms. The molecule has 0 saturated carbocycles. The van der Waals surface area contributed by atoms with Gasteiger partial charge in [-0.3, -0.25) is 14.6 Å². The second-order valence-electron chi connectivity index (χ2n) is 6.83. The summed E-state index contributed by atoms with van der Waals surface area (Å²) in [7, 11) is -3.70. The number of aromatic nitrogens is 2. The highest BCUT2D eigenvalue weighted by molar-refractivity contribution is 7.92. The van der Waals surface area contributed by atoms with E-state index >= 15 is 0 Å². The van der Waals surface area contributed by atoms with Crippen LogP contribution in [0.2, 0.25) is 0 Å². The molecule has 1 amide bonds. The molecule has 3 aromatic rings. The van der Waals surface area contributed by atoms with E-state index in [-0.39, 0.29) is 16.5 Å². The molecule has 7 nitrogen and oxygen atoms in total. The minimum atomic E-state index is -3.70. The predicted octanol–water partition coefficient (Wildman–Crippen LogP) is 3.66. The lowest BCUT2D eigenvalue weighted by Crippen LogP contribution is -2.14. The third kappa shape index (κ3) is 4.98. The van der Waals surface area contributed by atoms with Crippen LogP contribution in [0.4, 0.5) is 11.4 Å². The van der Waals surface area contributed by atoms with E-state index in [9.17, 15) is 13.2 Å². The summed E-state index contributed by atoms with van der Waals surface area (Å²) in [6.45, 7) is 4.17. The van der Waals surface area contributed by atoms with Crippen LogP contribution in [0.1, 0.15) is 30.0 Å². The van der Waals surface area contributed by atoms with E-state index in [1.807, 2.05) is 0 Å². The Bertz CT molecular complexity index is 1060. The molecular formula is C20H22N4O3S. The number of H-pyrrole nitrogens is 1. The number of anilines is 2. The molecule has 3 rings (SSSR count). The number of amides is 1. The van der Waals surface area contributed by atoms with E-state index in [0.29, 0.717) is 17.3 Å². The summed E-state index contributed by atoms with van der Waals surface area (Å²) in [6, 6.07) is 16.3. The molecule has 0 aliphatic heterocycles. The van der Waals surface area contributed by atoms with Crippen molar-refractivity contribution in [1.29, 1.82) is 0 Å². The molecule has 1 heterocycles. The molecule has 8 heteroatoms. The van der Waals surface area contributed by atoms with Crippen molar-refractivity contribution in [3.8, 4) is 0 Å². The number of nitrogens with zero attached hydrogens (tertiary/aromatic N) is 1. The molecule has 28 heavy (non-hydrogen) atoms. The van der Waals surface area contributed by atoms with Crippen LogP contribution in [-0.2, 0) is 16.4 Å². The van der Waals surface area contributed by atoms with Gasteiger partial charge in [0.25, 0.3) is 15.9 Å². The zero-order valence-corrected chi connectivity index (χ0v) is 16.5. The first-order valence-corrected chi connectivity index (χ1v) is 10.4. The SMILES string of the molecule is CC(C)Cc1cc(C(=O)Nc2cccc(NS(=O)(=O)c3ccccc3)c2)n[nH]1. The summed E-state index contributed by atoms with van der Waals surface area (Å²) in [5, 5.41) is 9.63. The van der Waals surface area contributed by atoms with Crippen LogP contribution in [0.25, 0.3) is 0 Å². The lowest BCUT2D eigenvalue weighted by Gasteiger charge is -2.10. The number of aromatic amines is 1. The Labute approximate surface area is 164 Å².